The van der Waals surface area contributed by atoms with Gasteiger partial charge in [-0.05, 0) is 77.4 Å². The topological polar surface area (TPSA) is 131 Å². The molecule has 0 fully saturated rings. The van der Waals surface area contributed by atoms with Crippen LogP contribution in [0.4, 0.5) is 26.3 Å². The number of aromatic nitrogens is 2. The average Bonchev–Trinajstić information content (AvgIpc) is 3.11. The van der Waals surface area contributed by atoms with E-state index in [-0.39, 0.29) is 0 Å². The number of fused-ring (bicyclic) bond motifs is 9. The smallest absolute Gasteiger partial charge is 0.485 e. The van der Waals surface area contributed by atoms with Crippen molar-refractivity contribution in [3.8, 4) is 28.3 Å². The molecule has 4 heterocycles. The summed E-state index contributed by atoms with van der Waals surface area (Å²) in [6, 6.07) is 26.1. The fraction of sp³-hybridized carbons (Fsp3) is 0.243. The maximum atomic E-state index is 10.7. The highest BCUT2D eigenvalue weighted by atomic mass is 32.2. The van der Waals surface area contributed by atoms with Crippen molar-refractivity contribution in [1.82, 2.24) is 0 Å². The van der Waals surface area contributed by atoms with Crippen LogP contribution in [0.1, 0.15) is 33.5 Å². The zero-order valence-electron chi connectivity index (χ0n) is 28.8. The van der Waals surface area contributed by atoms with Gasteiger partial charge in [-0.1, -0.05) is 30.3 Å². The number of ether oxygens (including phenoxy) is 1. The van der Waals surface area contributed by atoms with Gasteiger partial charge in [-0.15, -0.1) is 0 Å². The summed E-state index contributed by atoms with van der Waals surface area (Å²) in [7, 11) is -10.5. The zero-order chi connectivity index (χ0) is 39.8. The maximum Gasteiger partial charge on any atom is 0.485 e. The van der Waals surface area contributed by atoms with Crippen LogP contribution < -0.4 is 13.9 Å². The minimum absolute atomic E-state index is 0.881. The predicted octanol–water partition coefficient (Wildman–Crippen LogP) is 6.76. The lowest BCUT2D eigenvalue weighted by Crippen LogP contribution is -2.45. The average molecular weight is 795 g/mol. The molecule has 0 saturated carbocycles. The molecule has 5 aromatic rings. The third-order valence-corrected chi connectivity index (χ3v) is 10.3. The summed E-state index contributed by atoms with van der Waals surface area (Å²) in [4.78, 5) is 0. The number of aryl methyl sites for hydroxylation is 1. The number of methoxy groups -OCH3 is 1. The van der Waals surface area contributed by atoms with Gasteiger partial charge in [0, 0.05) is 37.1 Å². The number of nitrogens with zero attached hydrogens (tertiary/aromatic N) is 2. The number of halogens is 6. The summed E-state index contributed by atoms with van der Waals surface area (Å²) in [5.41, 5.74) is 2.65. The molecule has 17 heteroatoms. The molecule has 2 aliphatic rings. The molecular weight excluding hydrogens is 763 g/mol. The first-order valence-electron chi connectivity index (χ1n) is 16.1. The normalized spacial score (nSPS) is 13.8. The van der Waals surface area contributed by atoms with Crippen LogP contribution in [0.5, 0.6) is 5.75 Å². The van der Waals surface area contributed by atoms with Gasteiger partial charge in [-0.3, -0.25) is 0 Å². The van der Waals surface area contributed by atoms with Crippen LogP contribution >= 0.6 is 0 Å². The number of hydrogen-bond acceptors (Lipinski definition) is 7. The molecule has 0 bridgehead atoms. The molecule has 2 aliphatic heterocycles. The van der Waals surface area contributed by atoms with Crippen LogP contribution in [0.2, 0.25) is 0 Å². The van der Waals surface area contributed by atoms with E-state index in [9.17, 15) is 26.3 Å². The van der Waals surface area contributed by atoms with Gasteiger partial charge in [-0.2, -0.15) is 35.5 Å². The minimum Gasteiger partial charge on any atom is -0.741 e. The summed E-state index contributed by atoms with van der Waals surface area (Å²) in [5, 5.41) is 2.65. The van der Waals surface area contributed by atoms with Gasteiger partial charge < -0.3 is 13.8 Å². The van der Waals surface area contributed by atoms with Crippen molar-refractivity contribution in [2.45, 2.75) is 50.8 Å². The van der Waals surface area contributed by atoms with E-state index >= 15 is 0 Å². The highest BCUT2D eigenvalue weighted by Crippen LogP contribution is 2.44. The van der Waals surface area contributed by atoms with E-state index in [4.69, 9.17) is 30.7 Å². The second-order valence-corrected chi connectivity index (χ2v) is 15.0. The molecule has 0 amide bonds. The quantitative estimate of drug-likeness (QED) is 0.0854. The van der Waals surface area contributed by atoms with E-state index in [0.717, 1.165) is 31.7 Å². The maximum absolute atomic E-state index is 10.7. The number of benzene rings is 3. The Bertz CT molecular complexity index is 2440. The van der Waals surface area contributed by atoms with Gasteiger partial charge in [0.05, 0.1) is 23.6 Å². The largest absolute Gasteiger partial charge is 0.741 e. The molecule has 0 spiro atoms. The summed E-state index contributed by atoms with van der Waals surface area (Å²) in [5.74, 6) is 0.881. The Labute approximate surface area is 307 Å². The standard InChI is InChI=1S/C35H32N2O.2CHF3O3S/c1-23-24(2)30-18-21-36-20-17-26-7-4-5-9-31(26)35(36)34(30)33-29(23)19-22-37-27(8-6-10-32(33)37)14-11-25-12-15-28(38-3)16-13-25;2*2-1(3,4)8(5,6)7/h4-17,20H,18-19,21-22H2,1-3H3;2*(H,5,6,7)/q+2;;/p-2/b14-11+;;. The molecule has 7 rings (SSSR count). The Kier molecular flexibility index (Phi) is 11.3. The number of hydrogen-bond donors (Lipinski definition) is 0. The lowest BCUT2D eigenvalue weighted by atomic mass is 9.79. The number of rotatable bonds is 3. The molecule has 0 aliphatic carbocycles. The lowest BCUT2D eigenvalue weighted by Gasteiger charge is -2.27. The monoisotopic (exact) mass is 794 g/mol. The van der Waals surface area contributed by atoms with Gasteiger partial charge >= 0.3 is 11.0 Å². The van der Waals surface area contributed by atoms with Crippen molar-refractivity contribution in [2.24, 2.45) is 0 Å². The molecule has 9 nitrogen and oxygen atoms in total. The van der Waals surface area contributed by atoms with Gasteiger partial charge in [0.25, 0.3) is 0 Å². The number of alkyl halides is 6. The summed E-state index contributed by atoms with van der Waals surface area (Å²) in [6.45, 7) is 6.69. The third kappa shape index (κ3) is 8.28. The fourth-order valence-electron chi connectivity index (χ4n) is 6.54. The fourth-order valence-corrected chi connectivity index (χ4v) is 6.54. The zero-order valence-corrected chi connectivity index (χ0v) is 30.5. The SMILES string of the molecule is COc1ccc(/C=C/c2cccc3[n+]2CCc2c(C)c(C)c4c(c2-3)-c2c3ccccc3cc[n+]2CC4)cc1.O=S(=O)([O-])C(F)(F)F.O=S(=O)([O-])C(F)(F)F. The molecule has 0 unspecified atom stereocenters. The molecule has 2 aromatic heterocycles. The molecule has 0 saturated heterocycles. The van der Waals surface area contributed by atoms with Crippen LogP contribution in [0.3, 0.4) is 0 Å². The van der Waals surface area contributed by atoms with Gasteiger partial charge in [0.2, 0.25) is 17.1 Å². The van der Waals surface area contributed by atoms with Crippen molar-refractivity contribution in [3.63, 3.8) is 0 Å². The van der Waals surface area contributed by atoms with E-state index in [2.05, 4.69) is 102 Å². The van der Waals surface area contributed by atoms with E-state index in [1.807, 2.05) is 12.1 Å². The molecule has 3 aromatic carbocycles. The van der Waals surface area contributed by atoms with Gasteiger partial charge in [0.1, 0.15) is 5.75 Å². The molecule has 286 valence electrons. The van der Waals surface area contributed by atoms with E-state index in [0.29, 0.717) is 0 Å². The summed E-state index contributed by atoms with van der Waals surface area (Å²) >= 11 is 0. The van der Waals surface area contributed by atoms with E-state index < -0.39 is 31.3 Å². The Hall–Kier alpha value is -4.84. The molecular formula is C37H32F6N2O7S2. The minimum atomic E-state index is -6.09. The van der Waals surface area contributed by atoms with Crippen LogP contribution in [0.25, 0.3) is 45.4 Å². The Morgan fingerprint density at radius 2 is 1.26 bits per heavy atom. The van der Waals surface area contributed by atoms with E-state index in [1.54, 1.807) is 7.11 Å². The number of pyridine rings is 2. The lowest BCUT2D eigenvalue weighted by molar-refractivity contribution is -0.690. The Morgan fingerprint density at radius 3 is 1.83 bits per heavy atom. The van der Waals surface area contributed by atoms with Crippen LogP contribution in [0.15, 0.2) is 79.0 Å². The molecule has 0 atom stereocenters. The van der Waals surface area contributed by atoms with E-state index in [1.165, 1.54) is 66.8 Å². The molecule has 0 N–H and O–H groups in total. The predicted molar refractivity (Wildman–Crippen MR) is 186 cm³/mol. The highest BCUT2D eigenvalue weighted by Gasteiger charge is 2.39. The first-order chi connectivity index (χ1) is 25.1. The molecule has 0 radical (unpaired) electrons. The van der Waals surface area contributed by atoms with Crippen molar-refractivity contribution in [3.05, 3.63) is 113 Å². The van der Waals surface area contributed by atoms with Crippen molar-refractivity contribution >= 4 is 43.2 Å². The van der Waals surface area contributed by atoms with Gasteiger partial charge in [-0.25, -0.2) is 16.8 Å². The second-order valence-electron chi connectivity index (χ2n) is 12.3. The van der Waals surface area contributed by atoms with Crippen molar-refractivity contribution < 1.29 is 66.2 Å². The highest BCUT2D eigenvalue weighted by molar-refractivity contribution is 7.86. The van der Waals surface area contributed by atoms with Gasteiger partial charge in [0.15, 0.2) is 39.5 Å². The van der Waals surface area contributed by atoms with Crippen LogP contribution in [0, 0.1) is 13.8 Å². The molecule has 54 heavy (non-hydrogen) atoms. The first kappa shape index (κ1) is 40.3. The van der Waals surface area contributed by atoms with Crippen molar-refractivity contribution in [2.75, 3.05) is 7.11 Å². The Morgan fingerprint density at radius 1 is 0.704 bits per heavy atom. The summed E-state index contributed by atoms with van der Waals surface area (Å²) in [6.07, 6.45) is 8.86. The first-order valence-corrected chi connectivity index (χ1v) is 18.9. The third-order valence-electron chi connectivity index (χ3n) is 9.19. The summed E-state index contributed by atoms with van der Waals surface area (Å²) < 4.78 is 128. The van der Waals surface area contributed by atoms with Crippen LogP contribution in [-0.2, 0) is 46.2 Å². The second kappa shape index (κ2) is 15.1. The Balaban J connectivity index is 0.000000295. The van der Waals surface area contributed by atoms with Crippen LogP contribution in [-0.4, -0.2) is 44.1 Å². The van der Waals surface area contributed by atoms with Crippen molar-refractivity contribution in [1.29, 1.82) is 0 Å².